The van der Waals surface area contributed by atoms with Gasteiger partial charge in [0, 0.05) is 16.4 Å². The molecule has 1 atom stereocenters. The van der Waals surface area contributed by atoms with Gasteiger partial charge >= 0.3 is 0 Å². The van der Waals surface area contributed by atoms with Crippen molar-refractivity contribution in [3.05, 3.63) is 35.1 Å². The molecule has 1 rings (SSSR count). The zero-order valence-corrected chi connectivity index (χ0v) is 11.4. The van der Waals surface area contributed by atoms with E-state index in [1.54, 1.807) is 18.0 Å². The highest BCUT2D eigenvalue weighted by Gasteiger charge is 2.16. The third kappa shape index (κ3) is 4.37. The van der Waals surface area contributed by atoms with E-state index in [0.717, 1.165) is 0 Å². The van der Waals surface area contributed by atoms with Crippen LogP contribution in [0.4, 0.5) is 4.39 Å². The molecule has 0 spiro atoms. The first-order valence-corrected chi connectivity index (χ1v) is 6.28. The van der Waals surface area contributed by atoms with Crippen LogP contribution in [0.5, 0.6) is 0 Å². The van der Waals surface area contributed by atoms with E-state index in [1.807, 2.05) is 13.0 Å². The van der Waals surface area contributed by atoms with Crippen molar-refractivity contribution in [2.75, 3.05) is 0 Å². The summed E-state index contributed by atoms with van der Waals surface area (Å²) < 4.78 is 16.9. The molecule has 1 aromatic rings. The Hall–Kier alpha value is -1.05. The van der Waals surface area contributed by atoms with Gasteiger partial charge < -0.3 is 0 Å². The summed E-state index contributed by atoms with van der Waals surface area (Å²) in [7, 11) is 0. The molecule has 0 saturated carbocycles. The van der Waals surface area contributed by atoms with Gasteiger partial charge in [-0.05, 0) is 45.9 Å². The largest absolute Gasteiger partial charge is 0.256 e. The number of hydrogen-bond donors (Lipinski definition) is 1. The Kier molecular flexibility index (Phi) is 4.55. The second-order valence-corrected chi connectivity index (χ2v) is 6.57. The molecule has 0 aliphatic heterocycles. The predicted molar refractivity (Wildman–Crippen MR) is 70.0 cm³/mol. The Bertz CT molecular complexity index is 432. The van der Waals surface area contributed by atoms with Crippen molar-refractivity contribution >= 4 is 11.9 Å². The van der Waals surface area contributed by atoms with Crippen LogP contribution in [0.15, 0.2) is 18.2 Å². The second-order valence-electron chi connectivity index (χ2n) is 4.90. The van der Waals surface area contributed by atoms with Crippen LogP contribution >= 0.6 is 11.9 Å². The molecule has 92 valence electrons. The van der Waals surface area contributed by atoms with Gasteiger partial charge in [0.05, 0.1) is 11.6 Å². The molecule has 2 nitrogen and oxygen atoms in total. The summed E-state index contributed by atoms with van der Waals surface area (Å²) in [6.45, 7) is 8.14. The lowest BCUT2D eigenvalue weighted by Gasteiger charge is -2.22. The first-order chi connectivity index (χ1) is 7.83. The molecule has 0 aromatic heterocycles. The van der Waals surface area contributed by atoms with Crippen molar-refractivity contribution in [1.82, 2.24) is 4.72 Å². The Balaban J connectivity index is 2.82. The molecule has 0 radical (unpaired) electrons. The zero-order valence-electron chi connectivity index (χ0n) is 10.5. The van der Waals surface area contributed by atoms with Crippen molar-refractivity contribution in [1.29, 1.82) is 5.26 Å². The summed E-state index contributed by atoms with van der Waals surface area (Å²) in [6, 6.07) is 6.31. The van der Waals surface area contributed by atoms with Crippen LogP contribution in [-0.2, 0) is 0 Å². The van der Waals surface area contributed by atoms with Gasteiger partial charge in [-0.25, -0.2) is 4.39 Å². The van der Waals surface area contributed by atoms with E-state index >= 15 is 0 Å². The zero-order chi connectivity index (χ0) is 13.1. The van der Waals surface area contributed by atoms with Crippen molar-refractivity contribution in [3.8, 4) is 6.07 Å². The minimum absolute atomic E-state index is 0.0670. The smallest absolute Gasteiger partial charge is 0.128 e. The number of benzene rings is 1. The topological polar surface area (TPSA) is 35.8 Å². The fourth-order valence-corrected chi connectivity index (χ4v) is 1.93. The molecule has 0 bridgehead atoms. The maximum Gasteiger partial charge on any atom is 0.128 e. The minimum atomic E-state index is -0.279. The van der Waals surface area contributed by atoms with Crippen LogP contribution in [0, 0.1) is 17.1 Å². The molecular formula is C13H17FN2S. The van der Waals surface area contributed by atoms with E-state index < -0.39 is 0 Å². The summed E-state index contributed by atoms with van der Waals surface area (Å²) in [6.07, 6.45) is 0. The molecule has 1 aromatic carbocycles. The molecule has 4 heteroatoms. The highest BCUT2D eigenvalue weighted by Crippen LogP contribution is 2.26. The summed E-state index contributed by atoms with van der Waals surface area (Å²) >= 11 is 1.56. The van der Waals surface area contributed by atoms with Crippen LogP contribution in [0.2, 0.25) is 0 Å². The number of nitrogens with zero attached hydrogens (tertiary/aromatic N) is 1. The normalized spacial score (nSPS) is 13.2. The Morgan fingerprint density at radius 2 is 2.06 bits per heavy atom. The molecular weight excluding hydrogens is 235 g/mol. The first kappa shape index (κ1) is 14.0. The van der Waals surface area contributed by atoms with Gasteiger partial charge in [-0.1, -0.05) is 11.9 Å². The minimum Gasteiger partial charge on any atom is -0.256 e. The highest BCUT2D eigenvalue weighted by molar-refractivity contribution is 7.98. The van der Waals surface area contributed by atoms with E-state index in [2.05, 4.69) is 25.5 Å². The van der Waals surface area contributed by atoms with Gasteiger partial charge in [0.25, 0.3) is 0 Å². The number of halogens is 1. The SMILES string of the molecule is C[C@H](NSC(C)(C)C)c1cc(C#N)ccc1F. The summed E-state index contributed by atoms with van der Waals surface area (Å²) in [5, 5.41) is 8.80. The van der Waals surface area contributed by atoms with Crippen LogP contribution in [0.3, 0.4) is 0 Å². The van der Waals surface area contributed by atoms with Crippen LogP contribution in [-0.4, -0.2) is 4.75 Å². The third-order valence-corrected chi connectivity index (χ3v) is 3.22. The number of rotatable bonds is 3. The van der Waals surface area contributed by atoms with Gasteiger partial charge in [0.1, 0.15) is 5.82 Å². The molecule has 0 heterocycles. The summed E-state index contributed by atoms with van der Waals surface area (Å²) in [4.78, 5) is 0. The molecule has 0 fully saturated rings. The number of nitrogens with one attached hydrogen (secondary N) is 1. The fraction of sp³-hybridized carbons (Fsp3) is 0.462. The third-order valence-electron chi connectivity index (χ3n) is 2.13. The number of nitriles is 1. The Morgan fingerprint density at radius 3 is 2.59 bits per heavy atom. The van der Waals surface area contributed by atoms with Crippen LogP contribution in [0.25, 0.3) is 0 Å². The van der Waals surface area contributed by atoms with E-state index in [4.69, 9.17) is 5.26 Å². The van der Waals surface area contributed by atoms with Gasteiger partial charge in [-0.15, -0.1) is 0 Å². The molecule has 0 aliphatic rings. The maximum absolute atomic E-state index is 13.6. The van der Waals surface area contributed by atoms with Crippen molar-refractivity contribution in [2.24, 2.45) is 0 Å². The van der Waals surface area contributed by atoms with E-state index in [9.17, 15) is 4.39 Å². The summed E-state index contributed by atoms with van der Waals surface area (Å²) in [5.74, 6) is -0.279. The average molecular weight is 252 g/mol. The fourth-order valence-electron chi connectivity index (χ4n) is 1.27. The lowest BCUT2D eigenvalue weighted by atomic mass is 10.1. The van der Waals surface area contributed by atoms with Crippen molar-refractivity contribution in [2.45, 2.75) is 38.5 Å². The molecule has 0 saturated heterocycles. The Morgan fingerprint density at radius 1 is 1.41 bits per heavy atom. The maximum atomic E-state index is 13.6. The van der Waals surface area contributed by atoms with Gasteiger partial charge in [0.2, 0.25) is 0 Å². The standard InChI is InChI=1S/C13H17FN2S/c1-9(16-17-13(2,3)4)11-7-10(8-15)5-6-12(11)14/h5-7,9,16H,1-4H3/t9-/m0/s1. The van der Waals surface area contributed by atoms with Crippen molar-refractivity contribution < 1.29 is 4.39 Å². The molecule has 17 heavy (non-hydrogen) atoms. The monoisotopic (exact) mass is 252 g/mol. The first-order valence-electron chi connectivity index (χ1n) is 5.46. The average Bonchev–Trinajstić information content (AvgIpc) is 2.25. The molecule has 0 unspecified atom stereocenters. The van der Waals surface area contributed by atoms with Crippen molar-refractivity contribution in [3.63, 3.8) is 0 Å². The summed E-state index contributed by atoms with van der Waals surface area (Å²) in [5.41, 5.74) is 1.01. The van der Waals surface area contributed by atoms with E-state index in [0.29, 0.717) is 11.1 Å². The van der Waals surface area contributed by atoms with Gasteiger partial charge in [0.15, 0.2) is 0 Å². The van der Waals surface area contributed by atoms with E-state index in [1.165, 1.54) is 12.1 Å². The molecule has 0 aliphatic carbocycles. The lowest BCUT2D eigenvalue weighted by molar-refractivity contribution is 0.583. The lowest BCUT2D eigenvalue weighted by Crippen LogP contribution is -2.20. The molecule has 1 N–H and O–H groups in total. The van der Waals surface area contributed by atoms with Gasteiger partial charge in [-0.2, -0.15) is 5.26 Å². The molecule has 0 amide bonds. The van der Waals surface area contributed by atoms with Crippen LogP contribution in [0.1, 0.15) is 44.9 Å². The highest BCUT2D eigenvalue weighted by atomic mass is 32.2. The number of hydrogen-bond acceptors (Lipinski definition) is 3. The second kappa shape index (κ2) is 5.52. The van der Waals surface area contributed by atoms with Crippen LogP contribution < -0.4 is 4.72 Å². The predicted octanol–water partition coefficient (Wildman–Crippen LogP) is 3.79. The van der Waals surface area contributed by atoms with Gasteiger partial charge in [-0.3, -0.25) is 4.72 Å². The Labute approximate surface area is 106 Å². The quantitative estimate of drug-likeness (QED) is 0.831. The van der Waals surface area contributed by atoms with E-state index in [-0.39, 0.29) is 16.6 Å².